The molecule has 0 bridgehead atoms. The first-order valence-electron chi connectivity index (χ1n) is 8.71. The number of carbonyl (C=O) groups is 1. The Morgan fingerprint density at radius 1 is 1.18 bits per heavy atom. The first-order valence-corrected chi connectivity index (χ1v) is 8.71. The summed E-state index contributed by atoms with van der Waals surface area (Å²) in [5, 5.41) is 17.6. The largest absolute Gasteiger partial charge is 0.483 e. The topological polar surface area (TPSA) is 107 Å². The van der Waals surface area contributed by atoms with Crippen LogP contribution in [0.25, 0.3) is 22.4 Å². The number of ether oxygens (including phenoxy) is 2. The highest BCUT2D eigenvalue weighted by Crippen LogP contribution is 2.36. The Labute approximate surface area is 159 Å². The number of hydrogen-bond donors (Lipinski definition) is 2. The first kappa shape index (κ1) is 18.5. The molecule has 0 amide bonds. The number of nitrogens with zero attached hydrogens (tertiary/aromatic N) is 3. The number of hydrogen-bond acceptors (Lipinski definition) is 6. The average molecular weight is 387 g/mol. The van der Waals surface area contributed by atoms with E-state index in [4.69, 9.17) is 19.4 Å². The van der Waals surface area contributed by atoms with Gasteiger partial charge in [0.1, 0.15) is 35.3 Å². The standard InChI is InChI=1S/C18H16FN3O3.CH2O2/c19-11-3-1-2-10-4-5-12(21-15(10)11)18-20-6-7-22(18)13-8-24-17-14(23)9-25-16(13)17;2-1-3/h1-7,13-14,16-17,23H,8-9H2;1H,(H,2,3)/t13-,14+,16+,17+;/m0./s1. The molecule has 0 spiro atoms. The van der Waals surface area contributed by atoms with Crippen LogP contribution in [0.1, 0.15) is 6.04 Å². The molecule has 3 aromatic rings. The Morgan fingerprint density at radius 3 is 2.79 bits per heavy atom. The molecule has 5 rings (SSSR count). The van der Waals surface area contributed by atoms with E-state index < -0.39 is 6.10 Å². The third-order valence-electron chi connectivity index (χ3n) is 4.93. The number of benzene rings is 1. The van der Waals surface area contributed by atoms with Crippen molar-refractivity contribution in [1.82, 2.24) is 14.5 Å². The maximum atomic E-state index is 14.1. The Kier molecular flexibility index (Phi) is 5.03. The number of aliphatic hydroxyl groups is 1. The minimum atomic E-state index is -0.602. The van der Waals surface area contributed by atoms with Gasteiger partial charge in [0.2, 0.25) is 0 Å². The fraction of sp³-hybridized carbons (Fsp3) is 0.316. The summed E-state index contributed by atoms with van der Waals surface area (Å²) in [5.74, 6) is 0.272. The van der Waals surface area contributed by atoms with E-state index in [1.807, 2.05) is 29.0 Å². The molecular formula is C19H18FN3O5. The molecule has 2 aliphatic heterocycles. The Balaban J connectivity index is 0.000000604. The van der Waals surface area contributed by atoms with Crippen LogP contribution in [0.3, 0.4) is 0 Å². The van der Waals surface area contributed by atoms with Crippen LogP contribution < -0.4 is 0 Å². The van der Waals surface area contributed by atoms with Crippen molar-refractivity contribution >= 4 is 17.4 Å². The summed E-state index contributed by atoms with van der Waals surface area (Å²) in [4.78, 5) is 17.2. The van der Waals surface area contributed by atoms with Crippen molar-refractivity contribution in [3.05, 3.63) is 48.5 Å². The Morgan fingerprint density at radius 2 is 1.96 bits per heavy atom. The van der Waals surface area contributed by atoms with Crippen molar-refractivity contribution in [3.63, 3.8) is 0 Å². The number of para-hydroxylation sites is 1. The third-order valence-corrected chi connectivity index (χ3v) is 4.93. The summed E-state index contributed by atoms with van der Waals surface area (Å²) in [6.45, 7) is 0.451. The van der Waals surface area contributed by atoms with Gasteiger partial charge >= 0.3 is 0 Å². The van der Waals surface area contributed by atoms with Crippen LogP contribution in [0, 0.1) is 5.82 Å². The van der Waals surface area contributed by atoms with Crippen molar-refractivity contribution in [1.29, 1.82) is 0 Å². The third kappa shape index (κ3) is 3.13. The minimum Gasteiger partial charge on any atom is -0.483 e. The lowest BCUT2D eigenvalue weighted by Crippen LogP contribution is -2.30. The number of fused-ring (bicyclic) bond motifs is 2. The number of carboxylic acid groups (broad SMARTS) is 1. The van der Waals surface area contributed by atoms with Gasteiger partial charge in [0.05, 0.1) is 19.3 Å². The molecule has 0 aliphatic carbocycles. The Hall–Kier alpha value is -2.88. The molecule has 146 valence electrons. The predicted molar refractivity (Wildman–Crippen MR) is 96.1 cm³/mol. The maximum absolute atomic E-state index is 14.1. The van der Waals surface area contributed by atoms with E-state index in [1.54, 1.807) is 12.3 Å². The van der Waals surface area contributed by atoms with Gasteiger partial charge < -0.3 is 24.3 Å². The normalized spacial score (nSPS) is 25.9. The predicted octanol–water partition coefficient (Wildman–Crippen LogP) is 1.64. The van der Waals surface area contributed by atoms with Gasteiger partial charge in [-0.3, -0.25) is 4.79 Å². The zero-order chi connectivity index (χ0) is 19.7. The summed E-state index contributed by atoms with van der Waals surface area (Å²) >= 11 is 0. The lowest BCUT2D eigenvalue weighted by molar-refractivity contribution is -0.122. The number of aliphatic hydroxyl groups excluding tert-OH is 1. The molecule has 28 heavy (non-hydrogen) atoms. The molecular weight excluding hydrogens is 369 g/mol. The molecule has 0 saturated carbocycles. The second kappa shape index (κ2) is 7.63. The number of pyridine rings is 1. The van der Waals surface area contributed by atoms with Crippen molar-refractivity contribution in [2.75, 3.05) is 13.2 Å². The summed E-state index contributed by atoms with van der Waals surface area (Å²) in [6.07, 6.45) is 2.38. The molecule has 2 fully saturated rings. The van der Waals surface area contributed by atoms with Gasteiger partial charge in [0, 0.05) is 17.8 Å². The van der Waals surface area contributed by atoms with Gasteiger partial charge in [-0.05, 0) is 12.1 Å². The van der Waals surface area contributed by atoms with Crippen molar-refractivity contribution in [2.45, 2.75) is 24.4 Å². The van der Waals surface area contributed by atoms with Crippen molar-refractivity contribution in [2.24, 2.45) is 0 Å². The van der Waals surface area contributed by atoms with E-state index in [2.05, 4.69) is 9.97 Å². The van der Waals surface area contributed by atoms with Crippen LogP contribution in [0.4, 0.5) is 4.39 Å². The van der Waals surface area contributed by atoms with Crippen LogP contribution in [0.2, 0.25) is 0 Å². The van der Waals surface area contributed by atoms with E-state index in [0.717, 1.165) is 5.39 Å². The van der Waals surface area contributed by atoms with Crippen LogP contribution in [0.15, 0.2) is 42.7 Å². The molecule has 0 radical (unpaired) electrons. The molecule has 0 unspecified atom stereocenters. The van der Waals surface area contributed by atoms with E-state index in [0.29, 0.717) is 23.6 Å². The number of imidazole rings is 1. The summed E-state index contributed by atoms with van der Waals surface area (Å²) in [7, 11) is 0. The lowest BCUT2D eigenvalue weighted by Gasteiger charge is -2.19. The molecule has 2 aliphatic rings. The average Bonchev–Trinajstić information content (AvgIpc) is 3.40. The lowest BCUT2D eigenvalue weighted by atomic mass is 10.1. The molecule has 2 saturated heterocycles. The van der Waals surface area contributed by atoms with Gasteiger partial charge in [0.15, 0.2) is 5.82 Å². The number of aromatic nitrogens is 3. The SMILES string of the molecule is O=CO.O[C@@H]1CO[C@H]2[C@@H]1OC[C@@H]2n1ccnc1-c1ccc2cccc(F)c2n1. The minimum absolute atomic E-state index is 0.0993. The smallest absolute Gasteiger partial charge is 0.290 e. The van der Waals surface area contributed by atoms with Crippen LogP contribution >= 0.6 is 0 Å². The van der Waals surface area contributed by atoms with Gasteiger partial charge in [-0.15, -0.1) is 0 Å². The quantitative estimate of drug-likeness (QED) is 0.644. The maximum Gasteiger partial charge on any atom is 0.290 e. The van der Waals surface area contributed by atoms with E-state index >= 15 is 0 Å². The second-order valence-electron chi connectivity index (χ2n) is 6.50. The highest BCUT2D eigenvalue weighted by Gasteiger charge is 2.48. The van der Waals surface area contributed by atoms with E-state index in [9.17, 15) is 9.50 Å². The molecule has 4 atom stereocenters. The first-order chi connectivity index (χ1) is 13.6. The summed E-state index contributed by atoms with van der Waals surface area (Å²) in [6, 6.07) is 8.46. The molecule has 2 aromatic heterocycles. The van der Waals surface area contributed by atoms with Crippen LogP contribution in [-0.2, 0) is 14.3 Å². The molecule has 4 heterocycles. The Bertz CT molecular complexity index is 995. The van der Waals surface area contributed by atoms with Crippen LogP contribution in [0.5, 0.6) is 0 Å². The van der Waals surface area contributed by atoms with Gasteiger partial charge in [-0.25, -0.2) is 14.4 Å². The zero-order valence-corrected chi connectivity index (χ0v) is 14.7. The van der Waals surface area contributed by atoms with E-state index in [-0.39, 0.29) is 37.1 Å². The number of rotatable bonds is 2. The molecule has 9 heteroatoms. The van der Waals surface area contributed by atoms with Crippen molar-refractivity contribution < 1.29 is 28.9 Å². The molecule has 8 nitrogen and oxygen atoms in total. The monoisotopic (exact) mass is 387 g/mol. The van der Waals surface area contributed by atoms with Crippen molar-refractivity contribution in [3.8, 4) is 11.5 Å². The summed E-state index contributed by atoms with van der Waals surface area (Å²) in [5.41, 5.74) is 0.909. The highest BCUT2D eigenvalue weighted by atomic mass is 19.1. The zero-order valence-electron chi connectivity index (χ0n) is 14.7. The van der Waals surface area contributed by atoms with Gasteiger partial charge in [-0.1, -0.05) is 18.2 Å². The van der Waals surface area contributed by atoms with E-state index in [1.165, 1.54) is 6.07 Å². The van der Waals surface area contributed by atoms with Crippen LogP contribution in [-0.4, -0.2) is 62.7 Å². The summed E-state index contributed by atoms with van der Waals surface area (Å²) < 4.78 is 27.4. The molecule has 2 N–H and O–H groups in total. The fourth-order valence-electron chi connectivity index (χ4n) is 3.71. The van der Waals surface area contributed by atoms with Gasteiger partial charge in [-0.2, -0.15) is 0 Å². The highest BCUT2D eigenvalue weighted by molar-refractivity contribution is 5.81. The fourth-order valence-corrected chi connectivity index (χ4v) is 3.71. The second-order valence-corrected chi connectivity index (χ2v) is 6.50. The number of halogens is 1. The van der Waals surface area contributed by atoms with Gasteiger partial charge in [0.25, 0.3) is 6.47 Å². The molecule has 1 aromatic carbocycles.